The normalized spacial score (nSPS) is 12.6. The molecule has 1 aromatic heterocycles. The van der Waals surface area contributed by atoms with Crippen LogP contribution in [0.15, 0.2) is 4.90 Å². The Labute approximate surface area is 126 Å². The third-order valence-corrected chi connectivity index (χ3v) is 5.61. The summed E-state index contributed by atoms with van der Waals surface area (Å²) in [6.45, 7) is 2.24. The third-order valence-electron chi connectivity index (χ3n) is 2.59. The number of nitrogens with zero attached hydrogens (tertiary/aromatic N) is 2. The van der Waals surface area contributed by atoms with Crippen molar-refractivity contribution >= 4 is 32.2 Å². The molecule has 2 N–H and O–H groups in total. The molecule has 0 aliphatic carbocycles. The lowest BCUT2D eigenvalue weighted by molar-refractivity contribution is -0.119. The zero-order chi connectivity index (χ0) is 16.3. The van der Waals surface area contributed by atoms with Crippen molar-refractivity contribution < 1.29 is 21.6 Å². The fraction of sp³-hybridized carbons (Fsp3) is 0.727. The van der Waals surface area contributed by atoms with Gasteiger partial charge in [-0.25, -0.2) is 8.42 Å². The maximum atomic E-state index is 12.7. The number of hydrogen-bond donors (Lipinski definition) is 1. The van der Waals surface area contributed by atoms with Crippen molar-refractivity contribution in [2.75, 3.05) is 29.5 Å². The molecule has 0 aromatic carbocycles. The van der Waals surface area contributed by atoms with Crippen LogP contribution in [0.2, 0.25) is 0 Å². The second-order valence-electron chi connectivity index (χ2n) is 4.56. The molecule has 122 valence electrons. The summed E-state index contributed by atoms with van der Waals surface area (Å²) in [5.41, 5.74) is 5.57. The minimum atomic E-state index is -4.43. The van der Waals surface area contributed by atoms with E-state index in [1.807, 2.05) is 0 Å². The third kappa shape index (κ3) is 4.73. The van der Waals surface area contributed by atoms with E-state index >= 15 is 0 Å². The molecule has 0 spiro atoms. The maximum Gasteiger partial charge on any atom is 0.405 e. The summed E-state index contributed by atoms with van der Waals surface area (Å²) in [5.74, 6) is -0.402. The second kappa shape index (κ2) is 6.82. The van der Waals surface area contributed by atoms with E-state index in [1.165, 1.54) is 0 Å². The van der Waals surface area contributed by atoms with E-state index in [1.54, 1.807) is 13.8 Å². The molecule has 10 heteroatoms. The Morgan fingerprint density at radius 2 is 1.90 bits per heavy atom. The van der Waals surface area contributed by atoms with Crippen molar-refractivity contribution in [1.82, 2.24) is 4.37 Å². The maximum absolute atomic E-state index is 12.7. The monoisotopic (exact) mass is 345 g/mol. The van der Waals surface area contributed by atoms with E-state index in [9.17, 15) is 21.6 Å². The molecule has 0 amide bonds. The lowest BCUT2D eigenvalue weighted by Crippen LogP contribution is -2.35. The highest BCUT2D eigenvalue weighted by molar-refractivity contribution is 7.91. The average molecular weight is 345 g/mol. The molecular weight excluding hydrogens is 327 g/mol. The minimum absolute atomic E-state index is 0.0277. The Kier molecular flexibility index (Phi) is 5.85. The molecule has 1 rings (SSSR count). The Morgan fingerprint density at radius 1 is 1.29 bits per heavy atom. The van der Waals surface area contributed by atoms with Crippen LogP contribution in [0.4, 0.5) is 24.0 Å². The van der Waals surface area contributed by atoms with Gasteiger partial charge in [0.2, 0.25) is 0 Å². The zero-order valence-electron chi connectivity index (χ0n) is 11.8. The summed E-state index contributed by atoms with van der Waals surface area (Å²) in [4.78, 5) is 0.711. The Morgan fingerprint density at radius 3 is 2.38 bits per heavy atom. The number of anilines is 2. The van der Waals surface area contributed by atoms with E-state index in [0.29, 0.717) is 24.4 Å². The molecule has 0 aliphatic heterocycles. The van der Waals surface area contributed by atoms with Gasteiger partial charge in [-0.15, -0.1) is 0 Å². The highest BCUT2D eigenvalue weighted by Crippen LogP contribution is 2.37. The van der Waals surface area contributed by atoms with Gasteiger partial charge in [0.1, 0.15) is 16.4 Å². The van der Waals surface area contributed by atoms with Crippen LogP contribution < -0.4 is 10.6 Å². The predicted octanol–water partition coefficient (Wildman–Crippen LogP) is 2.69. The van der Waals surface area contributed by atoms with Gasteiger partial charge in [0.25, 0.3) is 0 Å². The number of nitrogen functional groups attached to an aromatic ring is 1. The fourth-order valence-electron chi connectivity index (χ4n) is 1.89. The number of rotatable bonds is 7. The highest BCUT2D eigenvalue weighted by atomic mass is 32.2. The molecule has 0 radical (unpaired) electrons. The van der Waals surface area contributed by atoms with Crippen LogP contribution in [0.25, 0.3) is 0 Å². The van der Waals surface area contributed by atoms with Gasteiger partial charge in [0, 0.05) is 6.54 Å². The summed E-state index contributed by atoms with van der Waals surface area (Å²) < 4.78 is 66.1. The first-order valence-corrected chi connectivity index (χ1v) is 8.84. The predicted molar refractivity (Wildman–Crippen MR) is 77.4 cm³/mol. The molecule has 0 aliphatic rings. The van der Waals surface area contributed by atoms with Crippen LogP contribution in [-0.2, 0) is 9.84 Å². The molecule has 0 saturated heterocycles. The van der Waals surface area contributed by atoms with Crippen molar-refractivity contribution in [3.63, 3.8) is 0 Å². The van der Waals surface area contributed by atoms with Gasteiger partial charge in [-0.05, 0) is 24.4 Å². The minimum Gasteiger partial charge on any atom is -0.382 e. The van der Waals surface area contributed by atoms with Crippen LogP contribution in [0.5, 0.6) is 0 Å². The van der Waals surface area contributed by atoms with Crippen LogP contribution in [0.3, 0.4) is 0 Å². The molecular formula is C11H18F3N3O2S2. The van der Waals surface area contributed by atoms with Crippen molar-refractivity contribution in [3.05, 3.63) is 0 Å². The van der Waals surface area contributed by atoms with Crippen molar-refractivity contribution in [2.24, 2.45) is 0 Å². The van der Waals surface area contributed by atoms with E-state index in [0.717, 1.165) is 4.90 Å². The summed E-state index contributed by atoms with van der Waals surface area (Å²) in [5, 5.41) is -0.0277. The van der Waals surface area contributed by atoms with Gasteiger partial charge in [0.05, 0.1) is 5.75 Å². The van der Waals surface area contributed by atoms with E-state index in [-0.39, 0.29) is 28.0 Å². The second-order valence-corrected chi connectivity index (χ2v) is 7.36. The first-order valence-electron chi connectivity index (χ1n) is 6.42. The van der Waals surface area contributed by atoms with Gasteiger partial charge in [0.15, 0.2) is 15.7 Å². The van der Waals surface area contributed by atoms with Crippen molar-refractivity contribution in [3.8, 4) is 0 Å². The lowest BCUT2D eigenvalue weighted by atomic mass is 10.4. The van der Waals surface area contributed by atoms with Crippen LogP contribution >= 0.6 is 11.5 Å². The van der Waals surface area contributed by atoms with Gasteiger partial charge < -0.3 is 10.6 Å². The van der Waals surface area contributed by atoms with Crippen LogP contribution in [-0.4, -0.2) is 37.8 Å². The average Bonchev–Trinajstić information content (AvgIpc) is 2.69. The molecule has 0 saturated carbocycles. The Hall–Kier alpha value is -1.03. The van der Waals surface area contributed by atoms with Gasteiger partial charge >= 0.3 is 6.18 Å². The molecule has 0 fully saturated rings. The zero-order valence-corrected chi connectivity index (χ0v) is 13.4. The number of hydrogen-bond acceptors (Lipinski definition) is 6. The number of alkyl halides is 3. The summed E-state index contributed by atoms with van der Waals surface area (Å²) in [6, 6.07) is 0. The number of nitrogens with two attached hydrogens (primary N) is 1. The lowest BCUT2D eigenvalue weighted by Gasteiger charge is -2.24. The molecule has 0 unspecified atom stereocenters. The number of halogens is 3. The molecule has 21 heavy (non-hydrogen) atoms. The van der Waals surface area contributed by atoms with Crippen LogP contribution in [0.1, 0.15) is 26.7 Å². The smallest absolute Gasteiger partial charge is 0.382 e. The molecule has 1 aromatic rings. The Balaban J connectivity index is 3.28. The Bertz CT molecular complexity index is 570. The molecule has 1 heterocycles. The van der Waals surface area contributed by atoms with Gasteiger partial charge in [-0.3, -0.25) is 0 Å². The van der Waals surface area contributed by atoms with Crippen LogP contribution in [0, 0.1) is 0 Å². The first kappa shape index (κ1) is 18.0. The summed E-state index contributed by atoms with van der Waals surface area (Å²) in [6.07, 6.45) is -3.63. The fourth-order valence-corrected chi connectivity index (χ4v) is 4.67. The van der Waals surface area contributed by atoms with E-state index < -0.39 is 22.6 Å². The van der Waals surface area contributed by atoms with Gasteiger partial charge in [-0.1, -0.05) is 13.8 Å². The number of aromatic nitrogens is 1. The number of sulfone groups is 1. The molecule has 0 bridgehead atoms. The van der Waals surface area contributed by atoms with Crippen molar-refractivity contribution in [2.45, 2.75) is 37.8 Å². The first-order chi connectivity index (χ1) is 9.62. The summed E-state index contributed by atoms with van der Waals surface area (Å²) in [7, 11) is -3.73. The van der Waals surface area contributed by atoms with E-state index in [2.05, 4.69) is 4.37 Å². The van der Waals surface area contributed by atoms with Gasteiger partial charge in [-0.2, -0.15) is 17.5 Å². The standard InChI is InChI=1S/C11H18F3N3O2S2/c1-3-5-17(7-11(12,13)14)10-8(9(15)16-20-10)21(18,19)6-4-2/h3-7H2,1-2H3,(H2,15,16). The quantitative estimate of drug-likeness (QED) is 0.822. The van der Waals surface area contributed by atoms with Crippen molar-refractivity contribution in [1.29, 1.82) is 0 Å². The summed E-state index contributed by atoms with van der Waals surface area (Å²) >= 11 is 0.689. The molecule has 0 atom stereocenters. The topological polar surface area (TPSA) is 76.3 Å². The van der Waals surface area contributed by atoms with E-state index in [4.69, 9.17) is 5.73 Å². The SMILES string of the molecule is CCCN(CC(F)(F)F)c1snc(N)c1S(=O)(=O)CCC. The largest absolute Gasteiger partial charge is 0.405 e. The highest BCUT2D eigenvalue weighted by Gasteiger charge is 2.35. The molecule has 5 nitrogen and oxygen atoms in total.